The summed E-state index contributed by atoms with van der Waals surface area (Å²) in [6.45, 7) is 1.43. The summed E-state index contributed by atoms with van der Waals surface area (Å²) >= 11 is 0. The van der Waals surface area contributed by atoms with Gasteiger partial charge in [0.25, 0.3) is 6.47 Å². The lowest BCUT2D eigenvalue weighted by atomic mass is 9.78. The van der Waals surface area contributed by atoms with Crippen LogP contribution in [0.25, 0.3) is 0 Å². The van der Waals surface area contributed by atoms with E-state index in [4.69, 9.17) is 0 Å². The fourth-order valence-electron chi connectivity index (χ4n) is 3.55. The van der Waals surface area contributed by atoms with Crippen LogP contribution >= 0.6 is 0 Å². The van der Waals surface area contributed by atoms with Crippen LogP contribution in [0, 0.1) is 17.8 Å². The molecular weight excluding hydrogens is 265 g/mol. The van der Waals surface area contributed by atoms with Crippen molar-refractivity contribution in [3.63, 3.8) is 0 Å². The van der Waals surface area contributed by atoms with Gasteiger partial charge in [-0.3, -0.25) is 9.59 Å². The number of ether oxygens (including phenoxy) is 2. The van der Waals surface area contributed by atoms with E-state index in [1.54, 1.807) is 0 Å². The van der Waals surface area contributed by atoms with Gasteiger partial charge in [-0.1, -0.05) is 0 Å². The van der Waals surface area contributed by atoms with Crippen LogP contribution in [-0.2, 0) is 19.1 Å². The van der Waals surface area contributed by atoms with E-state index < -0.39 is 23.7 Å². The summed E-state index contributed by atoms with van der Waals surface area (Å²) in [7, 11) is 0. The van der Waals surface area contributed by atoms with E-state index in [0.29, 0.717) is 12.9 Å². The number of carbonyl (C=O) groups excluding carboxylic acids is 2. The highest BCUT2D eigenvalue weighted by Gasteiger charge is 2.69. The van der Waals surface area contributed by atoms with Crippen molar-refractivity contribution in [2.75, 3.05) is 6.61 Å². The zero-order chi connectivity index (χ0) is 14.3. The highest BCUT2D eigenvalue weighted by Crippen LogP contribution is 2.60. The maximum Gasteiger partial charge on any atom is 0.428 e. The first-order valence-corrected chi connectivity index (χ1v) is 6.11. The number of alkyl halides is 3. The molecule has 0 spiro atoms. The maximum absolute atomic E-state index is 13.2. The van der Waals surface area contributed by atoms with Gasteiger partial charge >= 0.3 is 12.1 Å². The first kappa shape index (κ1) is 14.1. The molecule has 0 radical (unpaired) electrons. The molecule has 0 amide bonds. The van der Waals surface area contributed by atoms with Crippen LogP contribution in [0.2, 0.25) is 0 Å². The second kappa shape index (κ2) is 4.68. The molecule has 4 atom stereocenters. The molecule has 0 aliphatic heterocycles. The van der Waals surface area contributed by atoms with E-state index in [1.807, 2.05) is 0 Å². The quantitative estimate of drug-likeness (QED) is 0.584. The monoisotopic (exact) mass is 280 g/mol. The van der Waals surface area contributed by atoms with Crippen molar-refractivity contribution in [3.8, 4) is 0 Å². The van der Waals surface area contributed by atoms with Crippen LogP contribution in [0.15, 0.2) is 0 Å². The molecule has 0 aromatic rings. The number of hydrogen-bond acceptors (Lipinski definition) is 4. The Morgan fingerprint density at radius 2 is 2.11 bits per heavy atom. The molecule has 2 saturated carbocycles. The Hall–Kier alpha value is -1.27. The lowest BCUT2D eigenvalue weighted by molar-refractivity contribution is -0.287. The molecule has 0 saturated heterocycles. The minimum absolute atomic E-state index is 0.0683. The van der Waals surface area contributed by atoms with Crippen LogP contribution in [0.3, 0.4) is 0 Å². The lowest BCUT2D eigenvalue weighted by Crippen LogP contribution is -2.53. The fourth-order valence-corrected chi connectivity index (χ4v) is 3.55. The van der Waals surface area contributed by atoms with E-state index in [2.05, 4.69) is 9.47 Å². The van der Waals surface area contributed by atoms with E-state index >= 15 is 0 Å². The Labute approximate surface area is 108 Å². The molecule has 108 valence electrons. The van der Waals surface area contributed by atoms with Gasteiger partial charge in [0, 0.05) is 12.8 Å². The van der Waals surface area contributed by atoms with E-state index in [1.165, 1.54) is 0 Å². The maximum atomic E-state index is 13.2. The zero-order valence-corrected chi connectivity index (χ0v) is 10.4. The molecule has 0 heterocycles. The van der Waals surface area contributed by atoms with Crippen LogP contribution < -0.4 is 0 Å². The number of hydrogen-bond donors (Lipinski definition) is 0. The van der Waals surface area contributed by atoms with Gasteiger partial charge in [0.1, 0.15) is 0 Å². The van der Waals surface area contributed by atoms with Crippen molar-refractivity contribution < 1.29 is 32.2 Å². The van der Waals surface area contributed by atoms with Gasteiger partial charge < -0.3 is 9.47 Å². The van der Waals surface area contributed by atoms with Gasteiger partial charge in [-0.05, 0) is 31.1 Å². The fraction of sp³-hybridized carbons (Fsp3) is 0.833. The summed E-state index contributed by atoms with van der Waals surface area (Å²) in [5.74, 6) is -1.93. The largest absolute Gasteiger partial charge is 0.468 e. The van der Waals surface area contributed by atoms with Crippen molar-refractivity contribution in [2.24, 2.45) is 17.8 Å². The number of fused-ring (bicyclic) bond motifs is 2. The summed E-state index contributed by atoms with van der Waals surface area (Å²) in [5, 5.41) is 0. The predicted molar refractivity (Wildman–Crippen MR) is 56.9 cm³/mol. The number of esters is 1. The second-order valence-electron chi connectivity index (χ2n) is 5.30. The zero-order valence-electron chi connectivity index (χ0n) is 10.4. The van der Waals surface area contributed by atoms with Crippen molar-refractivity contribution in [2.45, 2.75) is 38.0 Å². The summed E-state index contributed by atoms with van der Waals surface area (Å²) < 4.78 is 49.1. The number of halogens is 3. The molecule has 2 fully saturated rings. The number of carbonyl (C=O) groups is 2. The normalized spacial score (nSPS) is 37.2. The van der Waals surface area contributed by atoms with Gasteiger partial charge in [-0.2, -0.15) is 13.2 Å². The van der Waals surface area contributed by atoms with Crippen molar-refractivity contribution in [1.29, 1.82) is 0 Å². The third kappa shape index (κ3) is 2.30. The molecule has 0 N–H and O–H groups in total. The predicted octanol–water partition coefficient (Wildman–Crippen LogP) is 2.07. The van der Waals surface area contributed by atoms with Crippen molar-refractivity contribution >= 4 is 12.4 Å². The van der Waals surface area contributed by atoms with Crippen molar-refractivity contribution in [3.05, 3.63) is 0 Å². The molecule has 2 bridgehead atoms. The average Bonchev–Trinajstić information content (AvgIpc) is 2.81. The van der Waals surface area contributed by atoms with Gasteiger partial charge in [-0.15, -0.1) is 0 Å². The van der Waals surface area contributed by atoms with Gasteiger partial charge in [-0.25, -0.2) is 0 Å². The standard InChI is InChI=1S/C12H15F3O4/c1-7(17)19-11(12(13,14)15)4-8-2-10(11)3-9(8)5-18-6-16/h6,8-10H,2-5H2,1H3. The third-order valence-corrected chi connectivity index (χ3v) is 4.25. The Morgan fingerprint density at radius 3 is 2.53 bits per heavy atom. The molecular formula is C12H15F3O4. The topological polar surface area (TPSA) is 52.6 Å². The molecule has 19 heavy (non-hydrogen) atoms. The Kier molecular flexibility index (Phi) is 3.49. The van der Waals surface area contributed by atoms with Crippen LogP contribution in [-0.4, -0.2) is 30.8 Å². The van der Waals surface area contributed by atoms with Gasteiger partial charge in [0.05, 0.1) is 6.61 Å². The number of rotatable bonds is 4. The second-order valence-corrected chi connectivity index (χ2v) is 5.30. The summed E-state index contributed by atoms with van der Waals surface area (Å²) in [5.41, 5.74) is -2.35. The molecule has 7 heteroatoms. The summed E-state index contributed by atoms with van der Waals surface area (Å²) in [6, 6.07) is 0. The highest BCUT2D eigenvalue weighted by atomic mass is 19.4. The molecule has 0 aromatic carbocycles. The van der Waals surface area contributed by atoms with Crippen molar-refractivity contribution in [1.82, 2.24) is 0 Å². The summed E-state index contributed by atoms with van der Waals surface area (Å²) in [4.78, 5) is 21.1. The Bertz CT molecular complexity index is 382. The molecule has 2 aliphatic rings. The van der Waals surface area contributed by atoms with Crippen LogP contribution in [0.1, 0.15) is 26.2 Å². The minimum Gasteiger partial charge on any atom is -0.468 e. The Morgan fingerprint density at radius 1 is 1.42 bits per heavy atom. The van der Waals surface area contributed by atoms with E-state index in [0.717, 1.165) is 6.92 Å². The smallest absolute Gasteiger partial charge is 0.428 e. The first-order valence-electron chi connectivity index (χ1n) is 6.11. The third-order valence-electron chi connectivity index (χ3n) is 4.25. The Balaban J connectivity index is 2.14. The average molecular weight is 280 g/mol. The molecule has 2 aliphatic carbocycles. The molecule has 4 unspecified atom stereocenters. The minimum atomic E-state index is -4.56. The highest BCUT2D eigenvalue weighted by molar-refractivity contribution is 5.66. The van der Waals surface area contributed by atoms with Crippen LogP contribution in [0.5, 0.6) is 0 Å². The van der Waals surface area contributed by atoms with E-state index in [9.17, 15) is 22.8 Å². The molecule has 0 aromatic heterocycles. The summed E-state index contributed by atoms with van der Waals surface area (Å²) in [6.07, 6.45) is -4.16. The first-order chi connectivity index (χ1) is 8.80. The van der Waals surface area contributed by atoms with E-state index in [-0.39, 0.29) is 31.3 Å². The SMILES string of the molecule is CC(=O)OC1(C(F)(F)F)CC2CC1CC2COC=O. The molecule has 2 rings (SSSR count). The molecule has 4 nitrogen and oxygen atoms in total. The van der Waals surface area contributed by atoms with Crippen LogP contribution in [0.4, 0.5) is 13.2 Å². The lowest BCUT2D eigenvalue weighted by Gasteiger charge is -2.40. The van der Waals surface area contributed by atoms with Gasteiger partial charge in [0.2, 0.25) is 5.60 Å². The van der Waals surface area contributed by atoms with Gasteiger partial charge in [0.15, 0.2) is 0 Å².